The highest BCUT2D eigenvalue weighted by molar-refractivity contribution is 6.26. The van der Waals surface area contributed by atoms with Gasteiger partial charge in [0.25, 0.3) is 0 Å². The number of nitrogens with zero attached hydrogens (tertiary/aromatic N) is 3. The van der Waals surface area contributed by atoms with Crippen molar-refractivity contribution in [3.8, 4) is 0 Å². The van der Waals surface area contributed by atoms with E-state index in [9.17, 15) is 4.79 Å². The van der Waals surface area contributed by atoms with Gasteiger partial charge in [0.05, 0.1) is 0 Å². The zero-order valence-electron chi connectivity index (χ0n) is 3.98. The Bertz CT molecular complexity index is 207. The van der Waals surface area contributed by atoms with E-state index in [0.29, 0.717) is 0 Å². The second-order valence-corrected chi connectivity index (χ2v) is 1.22. The van der Waals surface area contributed by atoms with Crippen LogP contribution in [0, 0.1) is 0 Å². The maximum absolute atomic E-state index is 10.4. The van der Waals surface area contributed by atoms with Crippen molar-refractivity contribution in [2.24, 2.45) is 5.84 Å². The Morgan fingerprint density at radius 1 is 1.62 bits per heavy atom. The maximum Gasteiger partial charge on any atom is 0.461 e. The van der Waals surface area contributed by atoms with Crippen LogP contribution in [-0.4, -0.2) is 33.0 Å². The zero-order valence-corrected chi connectivity index (χ0v) is 3.98. The first-order chi connectivity index (χ1) is 3.80. The lowest BCUT2D eigenvalue weighted by Crippen LogP contribution is -2.39. The molecule has 1 amide bonds. The van der Waals surface area contributed by atoms with Gasteiger partial charge in [-0.15, -0.1) is 0 Å². The highest BCUT2D eigenvalue weighted by atomic mass is 16.2. The highest BCUT2D eigenvalue weighted by Gasteiger charge is 2.23. The summed E-state index contributed by atoms with van der Waals surface area (Å²) >= 11 is 0. The molecule has 0 aromatic heterocycles. The lowest BCUT2D eigenvalue weighted by atomic mass is 10.6. The fourth-order valence-electron chi connectivity index (χ4n) is 0.292. The van der Waals surface area contributed by atoms with Crippen molar-refractivity contribution in [3.05, 3.63) is 0 Å². The lowest BCUT2D eigenvalue weighted by Gasteiger charge is -1.86. The number of hydrogen-bond donors (Lipinski definition) is 1. The van der Waals surface area contributed by atoms with Gasteiger partial charge < -0.3 is 0 Å². The van der Waals surface area contributed by atoms with Crippen LogP contribution < -0.4 is 5.84 Å². The Balaban J connectivity index is 2.99. The van der Waals surface area contributed by atoms with Crippen LogP contribution in [-0.2, 0) is 4.79 Å². The van der Waals surface area contributed by atoms with Crippen LogP contribution in [0.2, 0.25) is 0 Å². The minimum absolute atomic E-state index is 0.361. The molecule has 1 heterocycles. The summed E-state index contributed by atoms with van der Waals surface area (Å²) in [4.78, 5) is 17.0. The number of carbonyl (C=O) groups is 1. The summed E-state index contributed by atoms with van der Waals surface area (Å²) in [6, 6.07) is 0. The first-order valence-corrected chi connectivity index (χ1v) is 1.95. The number of hydrogen-bond acceptors (Lipinski definition) is 2. The van der Waals surface area contributed by atoms with E-state index < -0.39 is 0 Å². The average molecular weight is 112 g/mol. The fraction of sp³-hybridized carbons (Fsp3) is 0. The summed E-state index contributed by atoms with van der Waals surface area (Å²) in [5, 5.41) is 0.854. The molecule has 0 aromatic carbocycles. The molecule has 40 valence electrons. The third-order valence-corrected chi connectivity index (χ3v) is 0.665. The molecular formula is C3H4N4O+2. The van der Waals surface area contributed by atoms with Crippen LogP contribution >= 0.6 is 0 Å². The Kier molecular flexibility index (Phi) is 0.946. The Morgan fingerprint density at radius 2 is 2.38 bits per heavy atom. The van der Waals surface area contributed by atoms with Gasteiger partial charge in [0.2, 0.25) is 4.79 Å². The Labute approximate surface area is 44.8 Å². The third kappa shape index (κ3) is 0.643. The first kappa shape index (κ1) is 4.74. The van der Waals surface area contributed by atoms with E-state index in [0.717, 1.165) is 17.6 Å². The molecule has 1 aliphatic rings. The predicted molar refractivity (Wildman–Crippen MR) is 23.7 cm³/mol. The normalized spacial score (nSPS) is 15.6. The van der Waals surface area contributed by atoms with E-state index >= 15 is 0 Å². The molecule has 8 heavy (non-hydrogen) atoms. The molecule has 0 spiro atoms. The van der Waals surface area contributed by atoms with E-state index in [1.807, 2.05) is 0 Å². The second-order valence-electron chi connectivity index (χ2n) is 1.22. The Hall–Kier alpha value is -1.41. The smallest absolute Gasteiger partial charge is 0.231 e. The summed E-state index contributed by atoms with van der Waals surface area (Å²) in [6.45, 7) is 0. The zero-order chi connectivity index (χ0) is 5.98. The quantitative estimate of drug-likeness (QED) is 0.217. The van der Waals surface area contributed by atoms with Gasteiger partial charge in [-0.3, -0.25) is 0 Å². The van der Waals surface area contributed by atoms with Gasteiger partial charge in [-0.25, -0.2) is 4.79 Å². The van der Waals surface area contributed by atoms with Crippen LogP contribution in [0.1, 0.15) is 0 Å². The molecule has 0 bridgehead atoms. The summed E-state index contributed by atoms with van der Waals surface area (Å²) in [5.41, 5.74) is 0. The monoisotopic (exact) mass is 112 g/mol. The van der Waals surface area contributed by atoms with Gasteiger partial charge in [0.1, 0.15) is 0 Å². The van der Waals surface area contributed by atoms with Crippen molar-refractivity contribution in [2.45, 2.75) is 0 Å². The molecule has 0 fully saturated rings. The summed E-state index contributed by atoms with van der Waals surface area (Å²) in [7, 11) is 0. The maximum atomic E-state index is 10.4. The SMILES string of the molecule is NN1C=[N+]=[N+]=CC1=O. The molecule has 5 heteroatoms. The van der Waals surface area contributed by atoms with Crippen molar-refractivity contribution in [1.29, 1.82) is 0 Å². The summed E-state index contributed by atoms with van der Waals surface area (Å²) in [6.07, 6.45) is 2.18. The highest BCUT2D eigenvalue weighted by Crippen LogP contribution is 1.67. The molecular weight excluding hydrogens is 108 g/mol. The van der Waals surface area contributed by atoms with Crippen molar-refractivity contribution < 1.29 is 14.4 Å². The molecule has 0 saturated heterocycles. The van der Waals surface area contributed by atoms with E-state index in [4.69, 9.17) is 5.84 Å². The van der Waals surface area contributed by atoms with E-state index in [1.165, 1.54) is 0 Å². The third-order valence-electron chi connectivity index (χ3n) is 0.665. The van der Waals surface area contributed by atoms with Crippen molar-refractivity contribution in [3.63, 3.8) is 0 Å². The second kappa shape index (κ2) is 1.60. The van der Waals surface area contributed by atoms with Gasteiger partial charge in [0.15, 0.2) is 4.79 Å². The summed E-state index contributed by atoms with van der Waals surface area (Å²) < 4.78 is 0. The van der Waals surface area contributed by atoms with Crippen LogP contribution in [0.4, 0.5) is 0 Å². The van der Waals surface area contributed by atoms with E-state index in [-0.39, 0.29) is 5.91 Å². The topological polar surface area (TPSA) is 74.5 Å². The number of carbonyl (C=O) groups excluding carboxylic acids is 1. The number of rotatable bonds is 0. The number of hydrazine groups is 1. The Morgan fingerprint density at radius 3 is 2.75 bits per heavy atom. The average Bonchev–Trinajstić information content (AvgIpc) is 1.77. The van der Waals surface area contributed by atoms with Crippen LogP contribution in [0.3, 0.4) is 0 Å². The van der Waals surface area contributed by atoms with Crippen molar-refractivity contribution in [1.82, 2.24) is 5.01 Å². The van der Waals surface area contributed by atoms with Gasteiger partial charge in [-0.2, -0.15) is 5.84 Å². The minimum Gasteiger partial charge on any atom is -0.231 e. The van der Waals surface area contributed by atoms with Gasteiger partial charge in [0, 0.05) is 0 Å². The summed E-state index contributed by atoms with van der Waals surface area (Å²) in [5.74, 6) is 4.66. The standard InChI is InChI=1S/C3H4N4O/c4-7-2-6-5-1-3(7)8/h1-2H,4H2/q+2. The van der Waals surface area contributed by atoms with E-state index in [2.05, 4.69) is 9.58 Å². The fourth-order valence-corrected chi connectivity index (χ4v) is 0.292. The van der Waals surface area contributed by atoms with Crippen LogP contribution in [0.15, 0.2) is 0 Å². The molecule has 5 nitrogen and oxygen atoms in total. The van der Waals surface area contributed by atoms with Crippen LogP contribution in [0.25, 0.3) is 0 Å². The molecule has 2 N–H and O–H groups in total. The largest absolute Gasteiger partial charge is 0.461 e. The van der Waals surface area contributed by atoms with Crippen molar-refractivity contribution in [2.75, 3.05) is 0 Å². The van der Waals surface area contributed by atoms with Crippen LogP contribution in [0.5, 0.6) is 0 Å². The number of amides is 1. The molecule has 0 unspecified atom stereocenters. The molecule has 0 saturated carbocycles. The van der Waals surface area contributed by atoms with E-state index in [1.54, 1.807) is 0 Å². The van der Waals surface area contributed by atoms with Gasteiger partial charge >= 0.3 is 18.5 Å². The van der Waals surface area contributed by atoms with Gasteiger partial charge in [-0.05, 0) is 0 Å². The van der Waals surface area contributed by atoms with Gasteiger partial charge in [-0.1, -0.05) is 5.01 Å². The molecule has 0 radical (unpaired) electrons. The molecule has 0 aliphatic carbocycles. The predicted octanol–water partition coefficient (Wildman–Crippen LogP) is -2.33. The lowest BCUT2D eigenvalue weighted by molar-refractivity contribution is -0.546. The minimum atomic E-state index is -0.361. The van der Waals surface area contributed by atoms with Crippen molar-refractivity contribution >= 4 is 18.5 Å². The first-order valence-electron chi connectivity index (χ1n) is 1.95. The molecule has 1 aliphatic heterocycles. The number of nitrogens with two attached hydrogens (primary N) is 1. The molecule has 1 rings (SSSR count). The molecule has 0 aromatic rings. The molecule has 0 atom stereocenters.